The molecule has 0 aliphatic carbocycles. The molecule has 34 heavy (non-hydrogen) atoms. The summed E-state index contributed by atoms with van der Waals surface area (Å²) in [5.74, 6) is -0.375. The van der Waals surface area contributed by atoms with Gasteiger partial charge in [0, 0.05) is 12.5 Å². The molecule has 1 aliphatic rings. The Labute approximate surface area is 210 Å². The van der Waals surface area contributed by atoms with Crippen LogP contribution in [0.15, 0.2) is 18.2 Å². The van der Waals surface area contributed by atoms with Gasteiger partial charge in [-0.3, -0.25) is 14.4 Å². The number of halogens is 1. The van der Waals surface area contributed by atoms with E-state index in [-0.39, 0.29) is 59.5 Å². The van der Waals surface area contributed by atoms with Crippen molar-refractivity contribution in [3.63, 3.8) is 0 Å². The van der Waals surface area contributed by atoms with Crippen LogP contribution in [0.4, 0.5) is 0 Å². The number of ether oxygens (including phenoxy) is 2. The van der Waals surface area contributed by atoms with Gasteiger partial charge in [0.25, 0.3) is 0 Å². The molecule has 192 valence electrons. The minimum atomic E-state index is -0.323. The smallest absolute Gasteiger partial charge is 0.314 e. The second-order valence-corrected chi connectivity index (χ2v) is 8.72. The van der Waals surface area contributed by atoms with E-state index in [4.69, 9.17) is 9.47 Å². The third-order valence-corrected chi connectivity index (χ3v) is 6.49. The molecule has 7 nitrogen and oxygen atoms in total. The third kappa shape index (κ3) is 8.91. The minimum Gasteiger partial charge on any atom is -0.422 e. The summed E-state index contributed by atoms with van der Waals surface area (Å²) >= 11 is 0. The van der Waals surface area contributed by atoms with Crippen LogP contribution in [-0.2, 0) is 20.8 Å². The summed E-state index contributed by atoms with van der Waals surface area (Å²) in [6, 6.07) is 5.27. The highest BCUT2D eigenvalue weighted by atomic mass is 35.5. The van der Waals surface area contributed by atoms with Gasteiger partial charge >= 0.3 is 11.9 Å². The molecule has 8 heteroatoms. The highest BCUT2D eigenvalue weighted by Gasteiger charge is 2.23. The van der Waals surface area contributed by atoms with Gasteiger partial charge < -0.3 is 20.1 Å². The first-order valence-corrected chi connectivity index (χ1v) is 12.5. The van der Waals surface area contributed by atoms with E-state index in [0.29, 0.717) is 38.6 Å². The highest BCUT2D eigenvalue weighted by molar-refractivity contribution is 5.85. The average Bonchev–Trinajstić information content (AvgIpc) is 2.82. The van der Waals surface area contributed by atoms with Crippen molar-refractivity contribution in [3.05, 3.63) is 23.8 Å². The van der Waals surface area contributed by atoms with E-state index in [2.05, 4.69) is 10.6 Å². The second kappa shape index (κ2) is 15.7. The Morgan fingerprint density at radius 1 is 0.912 bits per heavy atom. The Balaban J connectivity index is 0.00000578. The molecule has 1 fully saturated rings. The van der Waals surface area contributed by atoms with Crippen molar-refractivity contribution in [2.75, 3.05) is 19.6 Å². The minimum absolute atomic E-state index is 0. The Morgan fingerprint density at radius 2 is 1.44 bits per heavy atom. The van der Waals surface area contributed by atoms with E-state index < -0.39 is 0 Å². The Hall–Kier alpha value is -2.12. The molecule has 0 radical (unpaired) electrons. The van der Waals surface area contributed by atoms with Gasteiger partial charge in [-0.2, -0.15) is 0 Å². The van der Waals surface area contributed by atoms with Crippen LogP contribution in [0.25, 0.3) is 0 Å². The largest absolute Gasteiger partial charge is 0.422 e. The lowest BCUT2D eigenvalue weighted by molar-refractivity contribution is -0.142. The quantitative estimate of drug-likeness (QED) is 0.328. The number of nitrogens with one attached hydrogen (secondary N) is 2. The zero-order valence-electron chi connectivity index (χ0n) is 21.0. The molecular formula is C26H41ClN2O5. The molecule has 0 spiro atoms. The van der Waals surface area contributed by atoms with Crippen LogP contribution in [-0.4, -0.2) is 37.5 Å². The first kappa shape index (κ1) is 29.9. The predicted molar refractivity (Wildman–Crippen MR) is 135 cm³/mol. The van der Waals surface area contributed by atoms with Gasteiger partial charge in [0.1, 0.15) is 0 Å². The lowest BCUT2D eigenvalue weighted by atomic mass is 9.97. The standard InChI is InChI=1S/C26H40N2O5.ClH/c1-5-19(6-2)25(30)32-22-10-9-18(17-23(22)33-26(31)20(7-3)8-4)11-16-28-24(29)21-12-14-27-15-13-21;/h9-10,17,19-21,27H,5-8,11-16H2,1-4H3,(H,28,29);1H. The van der Waals surface area contributed by atoms with Crippen molar-refractivity contribution in [1.82, 2.24) is 10.6 Å². The lowest BCUT2D eigenvalue weighted by Crippen LogP contribution is -2.38. The number of hydrogen-bond acceptors (Lipinski definition) is 6. The molecule has 2 rings (SSSR count). The van der Waals surface area contributed by atoms with Crippen molar-refractivity contribution < 1.29 is 23.9 Å². The third-order valence-electron chi connectivity index (χ3n) is 6.49. The summed E-state index contributed by atoms with van der Waals surface area (Å²) in [6.45, 7) is 10.0. The number of piperidine rings is 1. The number of benzene rings is 1. The normalized spacial score (nSPS) is 13.9. The van der Waals surface area contributed by atoms with Crippen molar-refractivity contribution >= 4 is 30.3 Å². The molecule has 0 unspecified atom stereocenters. The molecule has 1 saturated heterocycles. The van der Waals surface area contributed by atoms with Gasteiger partial charge in [-0.1, -0.05) is 33.8 Å². The fraction of sp³-hybridized carbons (Fsp3) is 0.654. The van der Waals surface area contributed by atoms with Gasteiger partial charge in [0.05, 0.1) is 11.8 Å². The first-order chi connectivity index (χ1) is 15.9. The fourth-order valence-electron chi connectivity index (χ4n) is 4.06. The van der Waals surface area contributed by atoms with Crippen LogP contribution in [0.3, 0.4) is 0 Å². The summed E-state index contributed by atoms with van der Waals surface area (Å²) in [7, 11) is 0. The van der Waals surface area contributed by atoms with Crippen LogP contribution in [0.1, 0.15) is 71.8 Å². The number of carbonyl (C=O) groups excluding carboxylic acids is 3. The maximum atomic E-state index is 12.6. The Morgan fingerprint density at radius 3 is 1.97 bits per heavy atom. The number of hydrogen-bond donors (Lipinski definition) is 2. The van der Waals surface area contributed by atoms with E-state index >= 15 is 0 Å². The zero-order valence-corrected chi connectivity index (χ0v) is 21.8. The summed E-state index contributed by atoms with van der Waals surface area (Å²) in [4.78, 5) is 37.5. The van der Waals surface area contributed by atoms with Gasteiger partial charge in [0.15, 0.2) is 11.5 Å². The van der Waals surface area contributed by atoms with E-state index in [0.717, 1.165) is 31.5 Å². The molecule has 1 heterocycles. The summed E-state index contributed by atoms with van der Waals surface area (Å²) in [5, 5.41) is 6.28. The van der Waals surface area contributed by atoms with Gasteiger partial charge in [-0.05, 0) is 75.7 Å². The molecule has 1 aromatic carbocycles. The van der Waals surface area contributed by atoms with Crippen molar-refractivity contribution in [1.29, 1.82) is 0 Å². The predicted octanol–water partition coefficient (Wildman–Crippen LogP) is 4.45. The molecule has 1 amide bonds. The monoisotopic (exact) mass is 496 g/mol. The highest BCUT2D eigenvalue weighted by Crippen LogP contribution is 2.31. The van der Waals surface area contributed by atoms with Crippen LogP contribution in [0.5, 0.6) is 11.5 Å². The number of amides is 1. The van der Waals surface area contributed by atoms with Crippen molar-refractivity contribution in [3.8, 4) is 11.5 Å². The second-order valence-electron chi connectivity index (χ2n) is 8.72. The number of carbonyl (C=O) groups is 3. The first-order valence-electron chi connectivity index (χ1n) is 12.5. The van der Waals surface area contributed by atoms with Crippen LogP contribution < -0.4 is 20.1 Å². The zero-order chi connectivity index (χ0) is 24.2. The average molecular weight is 497 g/mol. The Kier molecular flexibility index (Phi) is 13.8. The van der Waals surface area contributed by atoms with Crippen molar-refractivity contribution in [2.24, 2.45) is 17.8 Å². The van der Waals surface area contributed by atoms with Gasteiger partial charge in [0.2, 0.25) is 5.91 Å². The van der Waals surface area contributed by atoms with Gasteiger partial charge in [-0.25, -0.2) is 0 Å². The molecule has 2 N–H and O–H groups in total. The topological polar surface area (TPSA) is 93.7 Å². The molecule has 1 aromatic rings. The molecule has 1 aliphatic heterocycles. The van der Waals surface area contributed by atoms with E-state index in [1.54, 1.807) is 12.1 Å². The number of rotatable bonds is 12. The maximum absolute atomic E-state index is 12.6. The van der Waals surface area contributed by atoms with Gasteiger partial charge in [-0.15, -0.1) is 12.4 Å². The summed E-state index contributed by atoms with van der Waals surface area (Å²) in [5.41, 5.74) is 0.898. The number of esters is 2. The van der Waals surface area contributed by atoms with Crippen LogP contribution in [0.2, 0.25) is 0 Å². The Bertz CT molecular complexity index is 787. The van der Waals surface area contributed by atoms with E-state index in [1.165, 1.54) is 0 Å². The maximum Gasteiger partial charge on any atom is 0.314 e. The van der Waals surface area contributed by atoms with E-state index in [1.807, 2.05) is 33.8 Å². The SMILES string of the molecule is CCC(CC)C(=O)Oc1ccc(CCNC(=O)C2CCNCC2)cc1OC(=O)C(CC)CC.Cl. The van der Waals surface area contributed by atoms with Crippen molar-refractivity contribution in [2.45, 2.75) is 72.6 Å². The molecule has 0 bridgehead atoms. The molecular weight excluding hydrogens is 456 g/mol. The summed E-state index contributed by atoms with van der Waals surface area (Å²) in [6.07, 6.45) is 5.05. The molecule has 0 aromatic heterocycles. The lowest BCUT2D eigenvalue weighted by Gasteiger charge is -2.21. The van der Waals surface area contributed by atoms with Crippen LogP contribution >= 0.6 is 12.4 Å². The molecule has 0 saturated carbocycles. The van der Waals surface area contributed by atoms with Crippen LogP contribution in [0, 0.1) is 17.8 Å². The molecule has 0 atom stereocenters. The fourth-order valence-corrected chi connectivity index (χ4v) is 4.06. The van der Waals surface area contributed by atoms with E-state index in [9.17, 15) is 14.4 Å². The summed E-state index contributed by atoms with van der Waals surface area (Å²) < 4.78 is 11.3.